The van der Waals surface area contributed by atoms with E-state index in [1.807, 2.05) is 25.1 Å². The number of thiazole rings is 1. The van der Waals surface area contributed by atoms with Gasteiger partial charge in [-0.15, -0.1) is 0 Å². The van der Waals surface area contributed by atoms with Gasteiger partial charge >= 0.3 is 0 Å². The summed E-state index contributed by atoms with van der Waals surface area (Å²) in [5.41, 5.74) is 1.33. The Kier molecular flexibility index (Phi) is 5.50. The van der Waals surface area contributed by atoms with Crippen molar-refractivity contribution >= 4 is 32.6 Å². The smallest absolute Gasteiger partial charge is 0.257 e. The number of nitrogens with one attached hydrogen (secondary N) is 1. The van der Waals surface area contributed by atoms with Crippen molar-refractivity contribution in [1.29, 1.82) is 0 Å². The number of ether oxygens (including phenoxy) is 2. The number of carbonyl (C=O) groups excluding carboxylic acids is 1. The van der Waals surface area contributed by atoms with Crippen LogP contribution in [0.25, 0.3) is 10.2 Å². The molecule has 1 heterocycles. The Morgan fingerprint density at radius 2 is 1.92 bits per heavy atom. The summed E-state index contributed by atoms with van der Waals surface area (Å²) in [6.07, 6.45) is 0.948. The minimum Gasteiger partial charge on any atom is -0.494 e. The molecule has 0 aliphatic carbocycles. The first-order valence-electron chi connectivity index (χ1n) is 8.27. The fourth-order valence-corrected chi connectivity index (χ4v) is 3.22. The first-order valence-corrected chi connectivity index (χ1v) is 9.09. The first kappa shape index (κ1) is 17.2. The van der Waals surface area contributed by atoms with Crippen molar-refractivity contribution in [3.63, 3.8) is 0 Å². The van der Waals surface area contributed by atoms with Crippen molar-refractivity contribution in [3.05, 3.63) is 48.0 Å². The van der Waals surface area contributed by atoms with Crippen LogP contribution >= 0.6 is 11.3 Å². The van der Waals surface area contributed by atoms with Crippen LogP contribution in [0.2, 0.25) is 0 Å². The van der Waals surface area contributed by atoms with Gasteiger partial charge in [0.15, 0.2) is 5.13 Å². The van der Waals surface area contributed by atoms with Crippen LogP contribution in [0.3, 0.4) is 0 Å². The molecule has 1 amide bonds. The van der Waals surface area contributed by atoms with Gasteiger partial charge in [-0.05, 0) is 49.7 Å². The molecule has 1 N–H and O–H groups in total. The number of fused-ring (bicyclic) bond motifs is 1. The second-order valence-electron chi connectivity index (χ2n) is 5.38. The molecule has 3 rings (SSSR count). The highest BCUT2D eigenvalue weighted by Gasteiger charge is 2.12. The van der Waals surface area contributed by atoms with Gasteiger partial charge in [-0.1, -0.05) is 24.3 Å². The number of aromatic nitrogens is 1. The highest BCUT2D eigenvalue weighted by molar-refractivity contribution is 7.22. The lowest BCUT2D eigenvalue weighted by atomic mass is 10.2. The molecule has 0 bridgehead atoms. The Balaban J connectivity index is 1.74. The number of anilines is 1. The summed E-state index contributed by atoms with van der Waals surface area (Å²) >= 11 is 1.43. The Labute approximate surface area is 150 Å². The molecule has 0 aliphatic rings. The van der Waals surface area contributed by atoms with Crippen molar-refractivity contribution < 1.29 is 14.3 Å². The molecular weight excluding hydrogens is 336 g/mol. The van der Waals surface area contributed by atoms with Crippen LogP contribution in [0, 0.1) is 0 Å². The summed E-state index contributed by atoms with van der Waals surface area (Å²) in [5.74, 6) is 1.30. The van der Waals surface area contributed by atoms with Gasteiger partial charge in [0.1, 0.15) is 17.0 Å². The molecule has 0 aliphatic heterocycles. The maximum Gasteiger partial charge on any atom is 0.257 e. The zero-order chi connectivity index (χ0) is 17.6. The molecule has 25 heavy (non-hydrogen) atoms. The quantitative estimate of drug-likeness (QED) is 0.664. The number of benzene rings is 2. The van der Waals surface area contributed by atoms with Crippen molar-refractivity contribution in [1.82, 2.24) is 4.98 Å². The number of carbonyl (C=O) groups is 1. The number of amides is 1. The minimum absolute atomic E-state index is 0.195. The monoisotopic (exact) mass is 356 g/mol. The Morgan fingerprint density at radius 1 is 1.12 bits per heavy atom. The second-order valence-corrected chi connectivity index (χ2v) is 6.41. The average molecular weight is 356 g/mol. The minimum atomic E-state index is -0.195. The van der Waals surface area contributed by atoms with Crippen molar-refractivity contribution in [2.45, 2.75) is 20.3 Å². The maximum absolute atomic E-state index is 12.4. The van der Waals surface area contributed by atoms with E-state index in [-0.39, 0.29) is 5.91 Å². The van der Waals surface area contributed by atoms with E-state index in [4.69, 9.17) is 9.47 Å². The van der Waals surface area contributed by atoms with Gasteiger partial charge in [0.2, 0.25) is 0 Å². The molecule has 0 saturated heterocycles. The molecule has 0 atom stereocenters. The summed E-state index contributed by atoms with van der Waals surface area (Å²) in [4.78, 5) is 16.9. The number of hydrogen-bond acceptors (Lipinski definition) is 5. The van der Waals surface area contributed by atoms with Crippen LogP contribution in [0.15, 0.2) is 42.5 Å². The van der Waals surface area contributed by atoms with Gasteiger partial charge in [-0.2, -0.15) is 0 Å². The number of rotatable bonds is 7. The molecule has 0 fully saturated rings. The van der Waals surface area contributed by atoms with E-state index in [0.29, 0.717) is 23.9 Å². The lowest BCUT2D eigenvalue weighted by molar-refractivity contribution is 0.102. The van der Waals surface area contributed by atoms with Crippen LogP contribution in [-0.4, -0.2) is 24.1 Å². The van der Waals surface area contributed by atoms with Crippen molar-refractivity contribution in [2.24, 2.45) is 0 Å². The Bertz CT molecular complexity index is 859. The molecule has 2 aromatic carbocycles. The van der Waals surface area contributed by atoms with E-state index in [1.165, 1.54) is 11.3 Å². The van der Waals surface area contributed by atoms with E-state index in [2.05, 4.69) is 17.2 Å². The van der Waals surface area contributed by atoms with E-state index >= 15 is 0 Å². The zero-order valence-corrected chi connectivity index (χ0v) is 15.1. The topological polar surface area (TPSA) is 60.5 Å². The van der Waals surface area contributed by atoms with Gasteiger partial charge in [-0.3, -0.25) is 10.1 Å². The predicted molar refractivity (Wildman–Crippen MR) is 101 cm³/mol. The molecule has 0 saturated carbocycles. The van der Waals surface area contributed by atoms with E-state index in [1.54, 1.807) is 24.3 Å². The largest absolute Gasteiger partial charge is 0.494 e. The Morgan fingerprint density at radius 3 is 2.64 bits per heavy atom. The van der Waals surface area contributed by atoms with Crippen LogP contribution in [0.4, 0.5) is 5.13 Å². The molecule has 1 aromatic heterocycles. The third-order valence-corrected chi connectivity index (χ3v) is 4.43. The molecule has 5 nitrogen and oxygen atoms in total. The third kappa shape index (κ3) is 4.09. The van der Waals surface area contributed by atoms with E-state index < -0.39 is 0 Å². The zero-order valence-electron chi connectivity index (χ0n) is 14.2. The molecular formula is C19H20N2O3S. The van der Waals surface area contributed by atoms with Gasteiger partial charge in [-0.25, -0.2) is 4.98 Å². The van der Waals surface area contributed by atoms with Crippen molar-refractivity contribution in [3.8, 4) is 11.5 Å². The van der Waals surface area contributed by atoms with E-state index in [0.717, 1.165) is 28.1 Å². The number of nitrogens with zero attached hydrogens (tertiary/aromatic N) is 1. The van der Waals surface area contributed by atoms with Crippen LogP contribution < -0.4 is 14.8 Å². The molecule has 6 heteroatoms. The van der Waals surface area contributed by atoms with Gasteiger partial charge in [0.05, 0.1) is 17.9 Å². The summed E-state index contributed by atoms with van der Waals surface area (Å²) < 4.78 is 12.1. The Hall–Kier alpha value is -2.60. The fourth-order valence-electron chi connectivity index (χ4n) is 2.34. The fraction of sp³-hybridized carbons (Fsp3) is 0.263. The van der Waals surface area contributed by atoms with Crippen LogP contribution in [-0.2, 0) is 0 Å². The number of hydrogen-bond donors (Lipinski definition) is 1. The molecule has 0 radical (unpaired) electrons. The van der Waals surface area contributed by atoms with E-state index in [9.17, 15) is 4.79 Å². The summed E-state index contributed by atoms with van der Waals surface area (Å²) in [7, 11) is 0. The van der Waals surface area contributed by atoms with Crippen LogP contribution in [0.1, 0.15) is 30.6 Å². The third-order valence-electron chi connectivity index (χ3n) is 3.49. The van der Waals surface area contributed by atoms with Gasteiger partial charge in [0, 0.05) is 5.56 Å². The van der Waals surface area contributed by atoms with Gasteiger partial charge < -0.3 is 9.47 Å². The van der Waals surface area contributed by atoms with Gasteiger partial charge in [0.25, 0.3) is 5.91 Å². The molecule has 130 valence electrons. The lowest BCUT2D eigenvalue weighted by Gasteiger charge is -2.05. The summed E-state index contributed by atoms with van der Waals surface area (Å²) in [6, 6.07) is 12.9. The normalized spacial score (nSPS) is 10.6. The van der Waals surface area contributed by atoms with Crippen molar-refractivity contribution in [2.75, 3.05) is 18.5 Å². The standard InChI is InChI=1S/C19H20N2O3S/c1-3-12-24-14-10-8-13(9-11-14)18(22)21-19-20-17-15(23-4-2)6-5-7-16(17)25-19/h5-11H,3-4,12H2,1-2H3,(H,20,21,22). The summed E-state index contributed by atoms with van der Waals surface area (Å²) in [5, 5.41) is 3.41. The molecule has 0 unspecified atom stereocenters. The second kappa shape index (κ2) is 7.98. The lowest BCUT2D eigenvalue weighted by Crippen LogP contribution is -2.11. The average Bonchev–Trinajstić information content (AvgIpc) is 3.04. The maximum atomic E-state index is 12.4. The highest BCUT2D eigenvalue weighted by atomic mass is 32.1. The van der Waals surface area contributed by atoms with Crippen LogP contribution in [0.5, 0.6) is 11.5 Å². The first-order chi connectivity index (χ1) is 12.2. The number of para-hydroxylation sites is 1. The highest BCUT2D eigenvalue weighted by Crippen LogP contribution is 2.32. The predicted octanol–water partition coefficient (Wildman–Crippen LogP) is 4.74. The summed E-state index contributed by atoms with van der Waals surface area (Å²) in [6.45, 7) is 5.22. The SMILES string of the molecule is CCCOc1ccc(C(=O)Nc2nc3c(OCC)cccc3s2)cc1. The molecule has 0 spiro atoms. The molecule has 3 aromatic rings.